The summed E-state index contributed by atoms with van der Waals surface area (Å²) in [4.78, 5) is 12.7. The Morgan fingerprint density at radius 1 is 0.240 bits per heavy atom. The molecule has 4 aliphatic heterocycles. The van der Waals surface area contributed by atoms with E-state index in [9.17, 15) is 0 Å². The summed E-state index contributed by atoms with van der Waals surface area (Å²) in [5.41, 5.74) is 30.5. The van der Waals surface area contributed by atoms with Gasteiger partial charge in [0.1, 0.15) is 11.2 Å². The largest absolute Gasteiger partial charge is 0.455 e. The monoisotopic (exact) mass is 1270 g/mol. The van der Waals surface area contributed by atoms with E-state index < -0.39 is 0 Å². The maximum Gasteiger partial charge on any atom is 0.252 e. The number of para-hydroxylation sites is 10. The number of furan rings is 1. The van der Waals surface area contributed by atoms with Gasteiger partial charge in [-0.05, 0) is 187 Å². The first kappa shape index (κ1) is 56.2. The highest BCUT2D eigenvalue weighted by Gasteiger charge is 2.49. The predicted octanol–water partition coefficient (Wildman–Crippen LogP) is 20.9. The Morgan fingerprint density at radius 3 is 1.06 bits per heavy atom. The van der Waals surface area contributed by atoms with Gasteiger partial charge in [0.25, 0.3) is 13.4 Å². The van der Waals surface area contributed by atoms with Crippen molar-refractivity contribution in [1.82, 2.24) is 0 Å². The lowest BCUT2D eigenvalue weighted by atomic mass is 9.30. The zero-order valence-electron chi connectivity index (χ0n) is 54.4. The van der Waals surface area contributed by atoms with E-state index in [4.69, 9.17) is 4.42 Å². The van der Waals surface area contributed by atoms with Gasteiger partial charge in [0.15, 0.2) is 0 Å². The molecular weight excluding hydrogens is 1210 g/mol. The molecule has 464 valence electrons. The van der Waals surface area contributed by atoms with Gasteiger partial charge in [0.05, 0.1) is 5.69 Å². The molecule has 0 radical (unpaired) electrons. The van der Waals surface area contributed by atoms with Gasteiger partial charge in [-0.2, -0.15) is 0 Å². The van der Waals surface area contributed by atoms with Gasteiger partial charge in [-0.15, -0.1) is 0 Å². The van der Waals surface area contributed by atoms with Crippen molar-refractivity contribution in [2.24, 2.45) is 0 Å². The Labute approximate surface area is 580 Å². The molecular formula is C92H59B2N5O. The third-order valence-corrected chi connectivity index (χ3v) is 21.3. The predicted molar refractivity (Wildman–Crippen MR) is 422 cm³/mol. The molecule has 100 heavy (non-hydrogen) atoms. The molecule has 4 aliphatic rings. The van der Waals surface area contributed by atoms with Crippen LogP contribution in [0.4, 0.5) is 85.3 Å². The summed E-state index contributed by atoms with van der Waals surface area (Å²) < 4.78 is 6.90. The van der Waals surface area contributed by atoms with Crippen molar-refractivity contribution in [3.63, 3.8) is 0 Å². The number of rotatable bonds is 9. The maximum absolute atomic E-state index is 6.90. The summed E-state index contributed by atoms with van der Waals surface area (Å²) in [6.07, 6.45) is 0. The molecule has 0 bridgehead atoms. The Balaban J connectivity index is 0.871. The van der Waals surface area contributed by atoms with E-state index in [2.05, 4.69) is 382 Å². The van der Waals surface area contributed by atoms with Gasteiger partial charge in [-0.1, -0.05) is 237 Å². The molecule has 6 nitrogen and oxygen atoms in total. The molecule has 5 heterocycles. The van der Waals surface area contributed by atoms with Crippen LogP contribution in [0.25, 0.3) is 65.7 Å². The van der Waals surface area contributed by atoms with Crippen molar-refractivity contribution in [1.29, 1.82) is 0 Å². The van der Waals surface area contributed by atoms with Gasteiger partial charge in [-0.25, -0.2) is 0 Å². The minimum atomic E-state index is -0.186. The topological polar surface area (TPSA) is 29.3 Å². The quantitative estimate of drug-likeness (QED) is 0.106. The van der Waals surface area contributed by atoms with Crippen LogP contribution in [0.1, 0.15) is 0 Å². The molecule has 0 amide bonds. The van der Waals surface area contributed by atoms with Crippen LogP contribution in [-0.4, -0.2) is 13.4 Å². The summed E-state index contributed by atoms with van der Waals surface area (Å²) in [7, 11) is 0. The molecule has 17 aromatic rings. The molecule has 0 atom stereocenters. The van der Waals surface area contributed by atoms with Crippen LogP contribution in [-0.2, 0) is 0 Å². The van der Waals surface area contributed by atoms with Crippen LogP contribution in [0.2, 0.25) is 0 Å². The smallest absolute Gasteiger partial charge is 0.252 e. The molecule has 16 aromatic carbocycles. The maximum atomic E-state index is 6.90. The lowest BCUT2D eigenvalue weighted by Gasteiger charge is -2.47. The highest BCUT2D eigenvalue weighted by atomic mass is 16.3. The minimum Gasteiger partial charge on any atom is -0.455 e. The number of hydrogen-bond acceptors (Lipinski definition) is 6. The van der Waals surface area contributed by atoms with E-state index >= 15 is 0 Å². The molecule has 0 spiro atoms. The van der Waals surface area contributed by atoms with Crippen molar-refractivity contribution in [3.8, 4) is 22.3 Å². The number of benzene rings is 16. The normalized spacial score (nSPS) is 13.1. The van der Waals surface area contributed by atoms with Crippen molar-refractivity contribution >= 4 is 175 Å². The summed E-state index contributed by atoms with van der Waals surface area (Å²) >= 11 is 0. The fourth-order valence-corrected chi connectivity index (χ4v) is 17.3. The molecule has 0 unspecified atom stereocenters. The van der Waals surface area contributed by atoms with E-state index in [1.165, 1.54) is 49.1 Å². The molecule has 0 fully saturated rings. The average molecular weight is 1270 g/mol. The van der Waals surface area contributed by atoms with E-state index in [1.807, 2.05) is 0 Å². The van der Waals surface area contributed by atoms with Gasteiger partial charge in [0.2, 0.25) is 0 Å². The SMILES string of the molecule is c1ccc(N(c2ccccc2)c2cc3c4c(c2)N(c2ccccc2)c2cc5c(cc2B4c2ccccc2N3c2ccccc2)B2c3ccccc3N(c3ccccc3)c3cc(-c4c6ccccc6c(-c6cccc7c6oc6ccccc67)c6ccccc46)cc(c32)N5c2ccccc2)cc1. The molecule has 21 rings (SSSR count). The van der Waals surface area contributed by atoms with Crippen LogP contribution < -0.4 is 57.3 Å². The summed E-state index contributed by atoms with van der Waals surface area (Å²) in [5, 5.41) is 6.88. The molecule has 0 aliphatic carbocycles. The van der Waals surface area contributed by atoms with Gasteiger partial charge >= 0.3 is 0 Å². The number of fused-ring (bicyclic) bond motifs is 13. The molecule has 0 saturated heterocycles. The fraction of sp³-hybridized carbons (Fsp3) is 0. The van der Waals surface area contributed by atoms with E-state index in [0.29, 0.717) is 0 Å². The zero-order chi connectivity index (χ0) is 65.5. The highest BCUT2D eigenvalue weighted by molar-refractivity contribution is 7.03. The number of anilines is 15. The molecule has 8 heteroatoms. The van der Waals surface area contributed by atoms with Crippen LogP contribution in [0.15, 0.2) is 362 Å². The lowest BCUT2D eigenvalue weighted by molar-refractivity contribution is 0.670. The van der Waals surface area contributed by atoms with E-state index in [0.717, 1.165) is 135 Å². The number of nitrogens with zero attached hydrogens (tertiary/aromatic N) is 5. The lowest BCUT2D eigenvalue weighted by Crippen LogP contribution is -2.65. The Morgan fingerprint density at radius 2 is 0.600 bits per heavy atom. The number of hydrogen-bond donors (Lipinski definition) is 0. The molecule has 0 N–H and O–H groups in total. The van der Waals surface area contributed by atoms with Crippen LogP contribution in [0.5, 0.6) is 0 Å². The zero-order valence-corrected chi connectivity index (χ0v) is 54.4. The van der Waals surface area contributed by atoms with Crippen LogP contribution in [0.3, 0.4) is 0 Å². The Kier molecular flexibility index (Phi) is 12.5. The minimum absolute atomic E-state index is 0.172. The van der Waals surface area contributed by atoms with Gasteiger partial charge < -0.3 is 28.9 Å². The van der Waals surface area contributed by atoms with Crippen LogP contribution in [0, 0.1) is 0 Å². The summed E-state index contributed by atoms with van der Waals surface area (Å²) in [5.74, 6) is 0. The first-order valence-corrected chi connectivity index (χ1v) is 34.6. The third-order valence-electron chi connectivity index (χ3n) is 21.3. The van der Waals surface area contributed by atoms with Gasteiger partial charge in [0, 0.05) is 102 Å². The second-order valence-corrected chi connectivity index (χ2v) is 26.6. The summed E-state index contributed by atoms with van der Waals surface area (Å²) in [6, 6.07) is 133. The summed E-state index contributed by atoms with van der Waals surface area (Å²) in [6.45, 7) is -0.359. The second-order valence-electron chi connectivity index (χ2n) is 26.6. The third kappa shape index (κ3) is 8.34. The average Bonchev–Trinajstić information content (AvgIpc) is 0.825. The first-order chi connectivity index (χ1) is 49.7. The Bertz CT molecular complexity index is 6050. The standard InChI is InChI=1S/C92H59B2N5O/c1-7-30-61(31-8-1)95(62-32-9-2-10-33-62)67-56-85-91-86(57-67)99(66-40-17-6-18-41-66)82-59-81-77(58-78(82)94(91)76-50-25-27-52-80(76)97(85)64-36-13-4-14-37-64)93-75-49-24-26-51-79(75)96(63-34-11-3-12-35-63)83-54-60(55-84(90(83)93)98(81)65-38-15-5-16-39-65)88-69-43-19-21-45-71(69)89(72-46-22-20-44-70(72)88)74-48-29-47-73-68-42-23-28-53-87(68)100-92(73)74/h1-59H. The highest BCUT2D eigenvalue weighted by Crippen LogP contribution is 2.54. The van der Waals surface area contributed by atoms with Crippen molar-refractivity contribution in [3.05, 3.63) is 358 Å². The Hall–Kier alpha value is -13.0. The fourth-order valence-electron chi connectivity index (χ4n) is 17.3. The van der Waals surface area contributed by atoms with Crippen molar-refractivity contribution in [2.45, 2.75) is 0 Å². The second kappa shape index (κ2) is 22.3. The van der Waals surface area contributed by atoms with E-state index in [-0.39, 0.29) is 13.4 Å². The first-order valence-electron chi connectivity index (χ1n) is 34.6. The van der Waals surface area contributed by atoms with Gasteiger partial charge in [-0.3, -0.25) is 0 Å². The van der Waals surface area contributed by atoms with E-state index in [1.54, 1.807) is 0 Å². The molecule has 1 aromatic heterocycles. The van der Waals surface area contributed by atoms with Crippen LogP contribution >= 0.6 is 0 Å². The molecule has 0 saturated carbocycles. The van der Waals surface area contributed by atoms with Crippen molar-refractivity contribution < 1.29 is 4.42 Å². The van der Waals surface area contributed by atoms with Crippen molar-refractivity contribution in [2.75, 3.05) is 24.5 Å².